The van der Waals surface area contributed by atoms with E-state index >= 15 is 0 Å². The number of alkyl carbamates (subject to hydrolysis) is 1. The Morgan fingerprint density at radius 1 is 1.22 bits per heavy atom. The van der Waals surface area contributed by atoms with E-state index in [1.807, 2.05) is 0 Å². The highest BCUT2D eigenvalue weighted by Gasteiger charge is 2.15. The summed E-state index contributed by atoms with van der Waals surface area (Å²) in [5.41, 5.74) is -0.455. The quantitative estimate of drug-likeness (QED) is 0.741. The molecular formula is C12H25NO5. The van der Waals surface area contributed by atoms with Gasteiger partial charge in [0.05, 0.1) is 26.4 Å². The van der Waals surface area contributed by atoms with Crippen LogP contribution in [-0.2, 0) is 14.2 Å². The molecule has 1 heterocycles. The predicted octanol–water partition coefficient (Wildman–Crippen LogP) is 0.927. The summed E-state index contributed by atoms with van der Waals surface area (Å²) in [5.74, 6) is 0. The van der Waals surface area contributed by atoms with Gasteiger partial charge in [0.25, 0.3) is 0 Å². The highest BCUT2D eigenvalue weighted by molar-refractivity contribution is 5.67. The van der Waals surface area contributed by atoms with Gasteiger partial charge in [-0.1, -0.05) is 0 Å². The van der Waals surface area contributed by atoms with Gasteiger partial charge in [0.1, 0.15) is 5.60 Å². The van der Waals surface area contributed by atoms with E-state index in [4.69, 9.17) is 19.3 Å². The Morgan fingerprint density at radius 3 is 2.06 bits per heavy atom. The van der Waals surface area contributed by atoms with Crippen LogP contribution < -0.4 is 5.32 Å². The molecule has 0 bridgehead atoms. The fraction of sp³-hybridized carbons (Fsp3) is 0.917. The van der Waals surface area contributed by atoms with Crippen molar-refractivity contribution in [2.24, 2.45) is 0 Å². The van der Waals surface area contributed by atoms with Crippen molar-refractivity contribution in [1.29, 1.82) is 0 Å². The van der Waals surface area contributed by atoms with Gasteiger partial charge in [-0.15, -0.1) is 0 Å². The second-order valence-electron chi connectivity index (χ2n) is 4.73. The second kappa shape index (κ2) is 10.1. The summed E-state index contributed by atoms with van der Waals surface area (Å²) in [4.78, 5) is 10.9. The van der Waals surface area contributed by atoms with Crippen LogP contribution in [0.15, 0.2) is 0 Å². The van der Waals surface area contributed by atoms with Crippen molar-refractivity contribution in [2.45, 2.75) is 32.8 Å². The summed E-state index contributed by atoms with van der Waals surface area (Å²) in [5, 5.41) is 10.9. The molecule has 1 aliphatic rings. The maximum absolute atomic E-state index is 10.9. The summed E-state index contributed by atoms with van der Waals surface area (Å²) in [6.07, 6.45) is 0.120. The molecule has 108 valence electrons. The molecule has 0 atom stereocenters. The molecule has 0 unspecified atom stereocenters. The standard InChI is InChI=1S/C8H17NO3.C4H8O2/c1-8(2,3)12-7(11)9-5-4-6-10;1-2-6-4-3-5-1/h10H,4-6H2,1-3H3,(H,9,11);1-4H2. The molecule has 18 heavy (non-hydrogen) atoms. The minimum atomic E-state index is -0.455. The average molecular weight is 263 g/mol. The summed E-state index contributed by atoms with van der Waals surface area (Å²) in [7, 11) is 0. The molecule has 2 N–H and O–H groups in total. The number of hydrogen-bond acceptors (Lipinski definition) is 5. The zero-order chi connectivity index (χ0) is 13.9. The molecule has 1 aliphatic heterocycles. The van der Waals surface area contributed by atoms with Crippen LogP contribution >= 0.6 is 0 Å². The van der Waals surface area contributed by atoms with Gasteiger partial charge in [-0.3, -0.25) is 0 Å². The van der Waals surface area contributed by atoms with Gasteiger partial charge in [0.15, 0.2) is 0 Å². The van der Waals surface area contributed by atoms with E-state index in [1.54, 1.807) is 20.8 Å². The molecule has 0 spiro atoms. The van der Waals surface area contributed by atoms with Crippen molar-refractivity contribution >= 4 is 6.09 Å². The fourth-order valence-corrected chi connectivity index (χ4v) is 1.02. The smallest absolute Gasteiger partial charge is 0.407 e. The molecule has 0 radical (unpaired) electrons. The number of ether oxygens (including phenoxy) is 3. The molecular weight excluding hydrogens is 238 g/mol. The lowest BCUT2D eigenvalue weighted by atomic mass is 10.2. The van der Waals surface area contributed by atoms with Crippen molar-refractivity contribution in [3.05, 3.63) is 0 Å². The van der Waals surface area contributed by atoms with Crippen molar-refractivity contribution in [1.82, 2.24) is 5.32 Å². The zero-order valence-electron chi connectivity index (χ0n) is 11.5. The number of amides is 1. The van der Waals surface area contributed by atoms with Crippen molar-refractivity contribution in [3.63, 3.8) is 0 Å². The molecule has 6 nitrogen and oxygen atoms in total. The van der Waals surface area contributed by atoms with Crippen LogP contribution in [0.1, 0.15) is 27.2 Å². The Bertz CT molecular complexity index is 199. The van der Waals surface area contributed by atoms with Gasteiger partial charge in [0, 0.05) is 13.2 Å². The Labute approximate surface area is 109 Å². The van der Waals surface area contributed by atoms with Crippen molar-refractivity contribution < 1.29 is 24.1 Å². The molecule has 0 aromatic heterocycles. The zero-order valence-corrected chi connectivity index (χ0v) is 11.5. The van der Waals surface area contributed by atoms with Gasteiger partial charge in [0.2, 0.25) is 0 Å². The third-order valence-electron chi connectivity index (χ3n) is 1.75. The van der Waals surface area contributed by atoms with Crippen molar-refractivity contribution in [3.8, 4) is 0 Å². The monoisotopic (exact) mass is 263 g/mol. The first-order chi connectivity index (χ1) is 8.45. The van der Waals surface area contributed by atoms with Crippen LogP contribution in [-0.4, -0.2) is 56.4 Å². The lowest BCUT2D eigenvalue weighted by Gasteiger charge is -2.19. The van der Waals surface area contributed by atoms with E-state index < -0.39 is 11.7 Å². The number of aliphatic hydroxyl groups is 1. The van der Waals surface area contributed by atoms with Crippen LogP contribution in [0.4, 0.5) is 4.79 Å². The van der Waals surface area contributed by atoms with Crippen LogP contribution in [0.5, 0.6) is 0 Å². The molecule has 1 saturated heterocycles. The molecule has 0 aromatic carbocycles. The summed E-state index contributed by atoms with van der Waals surface area (Å²) >= 11 is 0. The number of carbonyl (C=O) groups excluding carboxylic acids is 1. The molecule has 0 saturated carbocycles. The van der Waals surface area contributed by atoms with E-state index in [2.05, 4.69) is 5.32 Å². The molecule has 1 fully saturated rings. The molecule has 0 aliphatic carbocycles. The van der Waals surface area contributed by atoms with Gasteiger partial charge in [-0.05, 0) is 27.2 Å². The van der Waals surface area contributed by atoms with E-state index in [0.29, 0.717) is 13.0 Å². The minimum Gasteiger partial charge on any atom is -0.444 e. The Hall–Kier alpha value is -0.850. The Balaban J connectivity index is 0.000000397. The van der Waals surface area contributed by atoms with E-state index in [-0.39, 0.29) is 6.61 Å². The van der Waals surface area contributed by atoms with Crippen LogP contribution in [0.2, 0.25) is 0 Å². The van der Waals surface area contributed by atoms with Gasteiger partial charge < -0.3 is 24.6 Å². The molecule has 1 rings (SSSR count). The number of nitrogens with one attached hydrogen (secondary N) is 1. The minimum absolute atomic E-state index is 0.0792. The first-order valence-electron chi connectivity index (χ1n) is 6.19. The lowest BCUT2D eigenvalue weighted by Crippen LogP contribution is -2.33. The second-order valence-corrected chi connectivity index (χ2v) is 4.73. The number of carbonyl (C=O) groups is 1. The maximum Gasteiger partial charge on any atom is 0.407 e. The average Bonchev–Trinajstić information content (AvgIpc) is 2.30. The van der Waals surface area contributed by atoms with E-state index in [1.165, 1.54) is 0 Å². The predicted molar refractivity (Wildman–Crippen MR) is 67.6 cm³/mol. The lowest BCUT2D eigenvalue weighted by molar-refractivity contribution is -0.0334. The number of aliphatic hydroxyl groups excluding tert-OH is 1. The van der Waals surface area contributed by atoms with Gasteiger partial charge in [-0.25, -0.2) is 4.79 Å². The molecule has 6 heteroatoms. The van der Waals surface area contributed by atoms with Crippen LogP contribution in [0.3, 0.4) is 0 Å². The van der Waals surface area contributed by atoms with Crippen molar-refractivity contribution in [2.75, 3.05) is 39.6 Å². The van der Waals surface area contributed by atoms with E-state index in [0.717, 1.165) is 26.4 Å². The first-order valence-corrected chi connectivity index (χ1v) is 6.19. The topological polar surface area (TPSA) is 77.0 Å². The SMILES string of the molecule is C1COCCO1.CC(C)(C)OC(=O)NCCCO. The number of rotatable bonds is 3. The van der Waals surface area contributed by atoms with E-state index in [9.17, 15) is 4.79 Å². The largest absolute Gasteiger partial charge is 0.444 e. The molecule has 0 aromatic rings. The van der Waals surface area contributed by atoms with Crippen LogP contribution in [0.25, 0.3) is 0 Å². The van der Waals surface area contributed by atoms with Crippen LogP contribution in [0, 0.1) is 0 Å². The summed E-state index contributed by atoms with van der Waals surface area (Å²) < 4.78 is 14.8. The Morgan fingerprint density at radius 2 is 1.72 bits per heavy atom. The third-order valence-corrected chi connectivity index (χ3v) is 1.75. The normalized spacial score (nSPS) is 15.3. The summed E-state index contributed by atoms with van der Waals surface area (Å²) in [6.45, 7) is 9.05. The highest BCUT2D eigenvalue weighted by Crippen LogP contribution is 2.06. The molecule has 1 amide bonds. The number of hydrogen-bond donors (Lipinski definition) is 2. The van der Waals surface area contributed by atoms with Gasteiger partial charge >= 0.3 is 6.09 Å². The van der Waals surface area contributed by atoms with Gasteiger partial charge in [-0.2, -0.15) is 0 Å². The third kappa shape index (κ3) is 13.2. The maximum atomic E-state index is 10.9. The highest BCUT2D eigenvalue weighted by atomic mass is 16.6. The summed E-state index contributed by atoms with van der Waals surface area (Å²) in [6, 6.07) is 0. The Kier molecular flexibility index (Phi) is 9.63. The first kappa shape index (κ1) is 17.2. The fourth-order valence-electron chi connectivity index (χ4n) is 1.02.